The van der Waals surface area contributed by atoms with Crippen LogP contribution in [0.2, 0.25) is 0 Å². The molecule has 29 heavy (non-hydrogen) atoms. The first-order valence-corrected chi connectivity index (χ1v) is 10.3. The second-order valence-electron chi connectivity index (χ2n) is 7.97. The van der Waals surface area contributed by atoms with E-state index < -0.39 is 17.4 Å². The largest absolute Gasteiger partial charge is 0.313 e. The summed E-state index contributed by atoms with van der Waals surface area (Å²) in [4.78, 5) is 43.4. The second kappa shape index (κ2) is 6.18. The van der Waals surface area contributed by atoms with Crippen molar-refractivity contribution in [3.63, 3.8) is 0 Å². The second-order valence-corrected chi connectivity index (χ2v) is 8.34. The number of rotatable bonds is 2. The van der Waals surface area contributed by atoms with Crippen molar-refractivity contribution < 1.29 is 14.4 Å². The van der Waals surface area contributed by atoms with Gasteiger partial charge in [0.1, 0.15) is 5.54 Å². The van der Waals surface area contributed by atoms with E-state index in [1.807, 2.05) is 43.3 Å². The number of para-hydroxylation sites is 1. The van der Waals surface area contributed by atoms with Gasteiger partial charge in [0, 0.05) is 30.1 Å². The first-order valence-electron chi connectivity index (χ1n) is 9.62. The van der Waals surface area contributed by atoms with Gasteiger partial charge in [-0.05, 0) is 25.1 Å². The maximum atomic E-state index is 13.6. The van der Waals surface area contributed by atoms with E-state index in [1.54, 1.807) is 24.1 Å². The summed E-state index contributed by atoms with van der Waals surface area (Å²) in [6.07, 6.45) is 0. The number of imide groups is 1. The van der Waals surface area contributed by atoms with Crippen LogP contribution >= 0.6 is 12.6 Å². The van der Waals surface area contributed by atoms with E-state index in [-0.39, 0.29) is 23.8 Å². The standard InChI is InChI=1S/C22H21N3O3S/c1-12-7-9-13(10-8-12)25-19(26)17-15(11-29)23-22(18(17)20(25)27)14-5-3-4-6-16(14)24(2)21(22)28/h3-10,15,17-18,23,29H,11H2,1-2H3/t15-,17+,18-,22+/m0/s1. The molecule has 5 rings (SSSR count). The summed E-state index contributed by atoms with van der Waals surface area (Å²) in [6, 6.07) is 14.4. The maximum Gasteiger partial charge on any atom is 0.252 e. The zero-order chi connectivity index (χ0) is 20.5. The number of carbonyl (C=O) groups excluding carboxylic acids is 3. The lowest BCUT2D eigenvalue weighted by molar-refractivity contribution is -0.131. The van der Waals surface area contributed by atoms with Crippen LogP contribution in [-0.4, -0.2) is 36.6 Å². The van der Waals surface area contributed by atoms with Crippen LogP contribution in [0.15, 0.2) is 48.5 Å². The van der Waals surface area contributed by atoms with Gasteiger partial charge >= 0.3 is 0 Å². The molecule has 0 unspecified atom stereocenters. The lowest BCUT2D eigenvalue weighted by Crippen LogP contribution is -2.55. The highest BCUT2D eigenvalue weighted by atomic mass is 32.1. The summed E-state index contributed by atoms with van der Waals surface area (Å²) in [7, 11) is 1.71. The van der Waals surface area contributed by atoms with Crippen LogP contribution in [0.1, 0.15) is 11.1 Å². The number of nitrogens with zero attached hydrogens (tertiary/aromatic N) is 2. The number of aryl methyl sites for hydroxylation is 1. The topological polar surface area (TPSA) is 69.7 Å². The van der Waals surface area contributed by atoms with Gasteiger partial charge in [-0.1, -0.05) is 35.9 Å². The van der Waals surface area contributed by atoms with Crippen molar-refractivity contribution in [3.8, 4) is 0 Å². The van der Waals surface area contributed by atoms with Gasteiger partial charge in [0.15, 0.2) is 0 Å². The van der Waals surface area contributed by atoms with E-state index in [9.17, 15) is 14.4 Å². The van der Waals surface area contributed by atoms with Gasteiger partial charge in [0.25, 0.3) is 5.91 Å². The van der Waals surface area contributed by atoms with Crippen LogP contribution in [0, 0.1) is 18.8 Å². The van der Waals surface area contributed by atoms with Gasteiger partial charge in [-0.2, -0.15) is 12.6 Å². The van der Waals surface area contributed by atoms with Crippen LogP contribution in [0.5, 0.6) is 0 Å². The molecule has 3 aliphatic heterocycles. The van der Waals surface area contributed by atoms with Gasteiger partial charge < -0.3 is 4.90 Å². The number of likely N-dealkylation sites (N-methyl/N-ethyl adjacent to an activating group) is 1. The van der Waals surface area contributed by atoms with E-state index in [0.717, 1.165) is 16.8 Å². The molecule has 0 radical (unpaired) electrons. The number of nitrogens with one attached hydrogen (secondary N) is 1. The lowest BCUT2D eigenvalue weighted by Gasteiger charge is -2.30. The maximum absolute atomic E-state index is 13.6. The summed E-state index contributed by atoms with van der Waals surface area (Å²) in [5.74, 6) is -1.89. The van der Waals surface area contributed by atoms with Gasteiger partial charge in [0.2, 0.25) is 11.8 Å². The zero-order valence-corrected chi connectivity index (χ0v) is 17.0. The normalized spacial score (nSPS) is 30.4. The molecule has 0 aromatic heterocycles. The third-order valence-corrected chi connectivity index (χ3v) is 6.88. The Labute approximate surface area is 174 Å². The summed E-state index contributed by atoms with van der Waals surface area (Å²) in [5, 5.41) is 3.36. The Hall–Kier alpha value is -2.64. The molecule has 6 nitrogen and oxygen atoms in total. The van der Waals surface area contributed by atoms with Crippen molar-refractivity contribution >= 4 is 41.7 Å². The smallest absolute Gasteiger partial charge is 0.252 e. The molecule has 2 aromatic rings. The molecule has 1 spiro atoms. The Balaban J connectivity index is 1.68. The fourth-order valence-electron chi connectivity index (χ4n) is 5.16. The molecule has 7 heteroatoms. The van der Waals surface area contributed by atoms with Gasteiger partial charge in [-0.15, -0.1) is 0 Å². The Kier molecular flexibility index (Phi) is 3.92. The number of hydrogen-bond acceptors (Lipinski definition) is 5. The van der Waals surface area contributed by atoms with Crippen molar-refractivity contribution in [1.82, 2.24) is 5.32 Å². The minimum atomic E-state index is -1.24. The quantitative estimate of drug-likeness (QED) is 0.589. The van der Waals surface area contributed by atoms with E-state index >= 15 is 0 Å². The Morgan fingerprint density at radius 1 is 1.03 bits per heavy atom. The van der Waals surface area contributed by atoms with E-state index in [0.29, 0.717) is 11.4 Å². The Bertz CT molecular complexity index is 1050. The van der Waals surface area contributed by atoms with Gasteiger partial charge in [0.05, 0.1) is 17.5 Å². The monoisotopic (exact) mass is 407 g/mol. The van der Waals surface area contributed by atoms with Crippen molar-refractivity contribution in [2.24, 2.45) is 11.8 Å². The molecule has 148 valence electrons. The third-order valence-electron chi connectivity index (χ3n) is 6.49. The van der Waals surface area contributed by atoms with Crippen molar-refractivity contribution in [1.29, 1.82) is 0 Å². The molecule has 0 aliphatic carbocycles. The van der Waals surface area contributed by atoms with E-state index in [4.69, 9.17) is 0 Å². The first kappa shape index (κ1) is 18.4. The fraction of sp³-hybridized carbons (Fsp3) is 0.318. The first-order chi connectivity index (χ1) is 13.9. The molecule has 1 N–H and O–H groups in total. The van der Waals surface area contributed by atoms with Crippen LogP contribution in [0.25, 0.3) is 0 Å². The summed E-state index contributed by atoms with van der Waals surface area (Å²) in [6.45, 7) is 1.95. The van der Waals surface area contributed by atoms with Crippen LogP contribution in [0.4, 0.5) is 11.4 Å². The molecule has 0 saturated carbocycles. The lowest BCUT2D eigenvalue weighted by atomic mass is 9.76. The van der Waals surface area contributed by atoms with E-state index in [2.05, 4.69) is 17.9 Å². The van der Waals surface area contributed by atoms with E-state index in [1.165, 1.54) is 4.90 Å². The van der Waals surface area contributed by atoms with Crippen LogP contribution in [-0.2, 0) is 19.9 Å². The number of fused-ring (bicyclic) bond motifs is 4. The molecule has 3 aliphatic rings. The number of benzene rings is 2. The predicted molar refractivity (Wildman–Crippen MR) is 113 cm³/mol. The average molecular weight is 407 g/mol. The molecule has 2 aromatic carbocycles. The number of hydrogen-bond donors (Lipinski definition) is 2. The number of thiol groups is 1. The molecular weight excluding hydrogens is 386 g/mol. The predicted octanol–water partition coefficient (Wildman–Crippen LogP) is 1.87. The highest BCUT2D eigenvalue weighted by Gasteiger charge is 2.71. The number of amides is 3. The molecular formula is C22H21N3O3S. The van der Waals surface area contributed by atoms with Crippen molar-refractivity contribution in [2.45, 2.75) is 18.5 Å². The van der Waals surface area contributed by atoms with Gasteiger partial charge in [-0.25, -0.2) is 4.90 Å². The fourth-order valence-corrected chi connectivity index (χ4v) is 5.48. The summed E-state index contributed by atoms with van der Waals surface area (Å²) >= 11 is 4.43. The minimum Gasteiger partial charge on any atom is -0.313 e. The zero-order valence-electron chi connectivity index (χ0n) is 16.1. The summed E-state index contributed by atoms with van der Waals surface area (Å²) < 4.78 is 0. The van der Waals surface area contributed by atoms with Gasteiger partial charge in [-0.3, -0.25) is 19.7 Å². The minimum absolute atomic E-state index is 0.204. The molecule has 4 atom stereocenters. The SMILES string of the molecule is Cc1ccc(N2C(=O)[C@@H]3[C@H](CS)N[C@@]4(C(=O)N(C)c5ccccc54)[C@@H]3C2=O)cc1. The number of anilines is 2. The Morgan fingerprint density at radius 2 is 1.72 bits per heavy atom. The average Bonchev–Trinajstić information content (AvgIpc) is 3.29. The van der Waals surface area contributed by atoms with Crippen LogP contribution < -0.4 is 15.1 Å². The molecule has 3 heterocycles. The molecule has 3 amide bonds. The molecule has 2 fully saturated rings. The Morgan fingerprint density at radius 3 is 2.41 bits per heavy atom. The highest BCUT2D eigenvalue weighted by Crippen LogP contribution is 2.54. The van der Waals surface area contributed by atoms with Crippen molar-refractivity contribution in [2.75, 3.05) is 22.6 Å². The summed E-state index contributed by atoms with van der Waals surface area (Å²) in [5.41, 5.74) is 1.85. The third kappa shape index (κ3) is 2.20. The van der Waals surface area contributed by atoms with Crippen LogP contribution in [0.3, 0.4) is 0 Å². The highest BCUT2D eigenvalue weighted by molar-refractivity contribution is 7.80. The molecule has 2 saturated heterocycles. The van der Waals surface area contributed by atoms with Crippen molar-refractivity contribution in [3.05, 3.63) is 59.7 Å². The molecule has 0 bridgehead atoms. The number of carbonyl (C=O) groups is 3.